The highest BCUT2D eigenvalue weighted by Crippen LogP contribution is 2.30. The average molecular weight is 333 g/mol. The molecule has 0 bridgehead atoms. The van der Waals surface area contributed by atoms with Crippen LogP contribution in [0.15, 0.2) is 12.1 Å². The third-order valence-electron chi connectivity index (χ3n) is 4.96. The van der Waals surface area contributed by atoms with Gasteiger partial charge in [0.1, 0.15) is 11.9 Å². The molecule has 0 radical (unpaired) electrons. The fourth-order valence-corrected chi connectivity index (χ4v) is 3.56. The van der Waals surface area contributed by atoms with Gasteiger partial charge in [-0.15, -0.1) is 0 Å². The quantitative estimate of drug-likeness (QED) is 0.852. The van der Waals surface area contributed by atoms with E-state index in [0.29, 0.717) is 38.3 Å². The van der Waals surface area contributed by atoms with E-state index in [9.17, 15) is 9.18 Å². The van der Waals surface area contributed by atoms with E-state index in [-0.39, 0.29) is 17.7 Å². The fraction of sp³-hybridized carbons (Fsp3) is 0.529. The van der Waals surface area contributed by atoms with Gasteiger partial charge < -0.3 is 14.7 Å². The standard InChI is InChI=1S/C17H20FN3O3/c1-11-13(2-3-15(18)14(11)8-19)16-10-20-5-6-21(17(22)23)9-12(20)4-7-24-16/h2-3,12,16H,4-7,9-10H2,1H3,(H,22,23)/t12-,16?/m0/s1. The fourth-order valence-electron chi connectivity index (χ4n) is 3.56. The van der Waals surface area contributed by atoms with Gasteiger partial charge in [-0.3, -0.25) is 4.90 Å². The number of piperazine rings is 1. The number of carboxylic acid groups (broad SMARTS) is 1. The zero-order chi connectivity index (χ0) is 17.3. The van der Waals surface area contributed by atoms with Gasteiger partial charge in [0.15, 0.2) is 0 Å². The van der Waals surface area contributed by atoms with Crippen LogP contribution in [0.2, 0.25) is 0 Å². The van der Waals surface area contributed by atoms with Crippen molar-refractivity contribution in [2.24, 2.45) is 0 Å². The van der Waals surface area contributed by atoms with Crippen molar-refractivity contribution in [1.82, 2.24) is 9.80 Å². The van der Waals surface area contributed by atoms with E-state index in [0.717, 1.165) is 12.0 Å². The molecule has 6 nitrogen and oxygen atoms in total. The number of halogens is 1. The number of hydrogen-bond acceptors (Lipinski definition) is 4. The van der Waals surface area contributed by atoms with Gasteiger partial charge in [0.25, 0.3) is 0 Å². The van der Waals surface area contributed by atoms with Crippen LogP contribution in [0.5, 0.6) is 0 Å². The Morgan fingerprint density at radius 1 is 1.42 bits per heavy atom. The van der Waals surface area contributed by atoms with Crippen LogP contribution in [0.4, 0.5) is 9.18 Å². The number of fused-ring (bicyclic) bond motifs is 1. The Labute approximate surface area is 140 Å². The molecule has 0 aliphatic carbocycles. The maximum absolute atomic E-state index is 13.7. The van der Waals surface area contributed by atoms with Crippen LogP contribution in [0.1, 0.15) is 29.2 Å². The summed E-state index contributed by atoms with van der Waals surface area (Å²) in [6, 6.07) is 5.05. The molecule has 1 N–H and O–H groups in total. The lowest BCUT2D eigenvalue weighted by atomic mass is 9.97. The molecule has 3 rings (SSSR count). The predicted molar refractivity (Wildman–Crippen MR) is 84.1 cm³/mol. The molecule has 7 heteroatoms. The summed E-state index contributed by atoms with van der Waals surface area (Å²) in [4.78, 5) is 14.8. The highest BCUT2D eigenvalue weighted by molar-refractivity contribution is 5.65. The summed E-state index contributed by atoms with van der Waals surface area (Å²) in [5, 5.41) is 18.3. The minimum absolute atomic E-state index is 0.0626. The smallest absolute Gasteiger partial charge is 0.407 e. The molecule has 2 fully saturated rings. The Hall–Kier alpha value is -2.17. The summed E-state index contributed by atoms with van der Waals surface area (Å²) in [5.74, 6) is -0.514. The third-order valence-corrected chi connectivity index (χ3v) is 4.96. The van der Waals surface area contributed by atoms with Gasteiger partial charge in [-0.25, -0.2) is 9.18 Å². The molecule has 2 aliphatic rings. The van der Waals surface area contributed by atoms with Gasteiger partial charge in [0.05, 0.1) is 11.7 Å². The van der Waals surface area contributed by atoms with Crippen molar-refractivity contribution in [3.63, 3.8) is 0 Å². The molecule has 1 amide bonds. The Morgan fingerprint density at radius 3 is 2.92 bits per heavy atom. The van der Waals surface area contributed by atoms with Crippen LogP contribution in [0.25, 0.3) is 0 Å². The second-order valence-corrected chi connectivity index (χ2v) is 6.27. The summed E-state index contributed by atoms with van der Waals surface area (Å²) in [6.45, 7) is 4.49. The van der Waals surface area contributed by atoms with Crippen LogP contribution in [0.3, 0.4) is 0 Å². The number of carbonyl (C=O) groups is 1. The van der Waals surface area contributed by atoms with Crippen molar-refractivity contribution >= 4 is 6.09 Å². The minimum Gasteiger partial charge on any atom is -0.465 e. The Balaban J connectivity index is 1.81. The topological polar surface area (TPSA) is 76.8 Å². The first-order valence-electron chi connectivity index (χ1n) is 8.04. The van der Waals surface area contributed by atoms with Gasteiger partial charge in [-0.05, 0) is 30.5 Å². The first-order chi connectivity index (χ1) is 11.5. The summed E-state index contributed by atoms with van der Waals surface area (Å²) in [5.41, 5.74) is 1.51. The van der Waals surface area contributed by atoms with Crippen molar-refractivity contribution in [2.45, 2.75) is 25.5 Å². The van der Waals surface area contributed by atoms with Crippen LogP contribution < -0.4 is 0 Å². The van der Waals surface area contributed by atoms with Gasteiger partial charge in [0.2, 0.25) is 0 Å². The highest BCUT2D eigenvalue weighted by Gasteiger charge is 2.34. The molecule has 24 heavy (non-hydrogen) atoms. The predicted octanol–water partition coefficient (Wildman–Crippen LogP) is 2.13. The second-order valence-electron chi connectivity index (χ2n) is 6.27. The SMILES string of the molecule is Cc1c(C2CN3CCN(C(=O)O)C[C@@H]3CCO2)ccc(F)c1C#N. The lowest BCUT2D eigenvalue weighted by Gasteiger charge is -2.39. The average Bonchev–Trinajstić information content (AvgIpc) is 2.76. The number of nitriles is 1. The molecular weight excluding hydrogens is 313 g/mol. The molecular formula is C17H20FN3O3. The summed E-state index contributed by atoms with van der Waals surface area (Å²) in [6.07, 6.45) is -0.366. The van der Waals surface area contributed by atoms with Crippen LogP contribution in [0, 0.1) is 24.1 Å². The molecule has 1 aromatic rings. The molecule has 2 aliphatic heterocycles. The third kappa shape index (κ3) is 3.07. The van der Waals surface area contributed by atoms with Crippen molar-refractivity contribution in [2.75, 3.05) is 32.8 Å². The van der Waals surface area contributed by atoms with Crippen LogP contribution >= 0.6 is 0 Å². The summed E-state index contributed by atoms with van der Waals surface area (Å²) >= 11 is 0. The van der Waals surface area contributed by atoms with E-state index in [1.807, 2.05) is 6.07 Å². The van der Waals surface area contributed by atoms with Gasteiger partial charge in [-0.2, -0.15) is 5.26 Å². The molecule has 1 aromatic carbocycles. The number of amides is 1. The van der Waals surface area contributed by atoms with Gasteiger partial charge >= 0.3 is 6.09 Å². The Kier molecular flexibility index (Phi) is 4.69. The second kappa shape index (κ2) is 6.75. The van der Waals surface area contributed by atoms with E-state index in [2.05, 4.69) is 4.90 Å². The first-order valence-corrected chi connectivity index (χ1v) is 8.04. The van der Waals surface area contributed by atoms with Crippen LogP contribution in [-0.2, 0) is 4.74 Å². The van der Waals surface area contributed by atoms with Crippen molar-refractivity contribution < 1.29 is 19.0 Å². The molecule has 0 saturated carbocycles. The number of ether oxygens (including phenoxy) is 1. The maximum Gasteiger partial charge on any atom is 0.407 e. The van der Waals surface area contributed by atoms with Crippen LogP contribution in [-0.4, -0.2) is 59.8 Å². The molecule has 0 spiro atoms. The molecule has 1 unspecified atom stereocenters. The van der Waals surface area contributed by atoms with Crippen molar-refractivity contribution in [1.29, 1.82) is 5.26 Å². The largest absolute Gasteiger partial charge is 0.465 e. The number of hydrogen-bond donors (Lipinski definition) is 1. The van der Waals surface area contributed by atoms with Gasteiger partial charge in [-0.1, -0.05) is 6.07 Å². The number of rotatable bonds is 1. The molecule has 2 saturated heterocycles. The molecule has 0 aromatic heterocycles. The summed E-state index contributed by atoms with van der Waals surface area (Å²) < 4.78 is 19.7. The molecule has 2 atom stereocenters. The first kappa shape index (κ1) is 16.7. The highest BCUT2D eigenvalue weighted by atomic mass is 19.1. The Morgan fingerprint density at radius 2 is 2.21 bits per heavy atom. The van der Waals surface area contributed by atoms with Gasteiger partial charge in [0, 0.05) is 38.8 Å². The molecule has 2 heterocycles. The minimum atomic E-state index is -0.885. The zero-order valence-electron chi connectivity index (χ0n) is 13.5. The monoisotopic (exact) mass is 333 g/mol. The van der Waals surface area contributed by atoms with E-state index in [4.69, 9.17) is 15.1 Å². The maximum atomic E-state index is 13.7. The van der Waals surface area contributed by atoms with E-state index < -0.39 is 11.9 Å². The zero-order valence-corrected chi connectivity index (χ0v) is 13.5. The van der Waals surface area contributed by atoms with E-state index in [1.54, 1.807) is 13.0 Å². The number of nitrogens with zero attached hydrogens (tertiary/aromatic N) is 3. The molecule has 128 valence electrons. The lowest BCUT2D eigenvalue weighted by Crippen LogP contribution is -2.54. The summed E-state index contributed by atoms with van der Waals surface area (Å²) in [7, 11) is 0. The van der Waals surface area contributed by atoms with E-state index in [1.165, 1.54) is 11.0 Å². The number of benzene rings is 1. The Bertz CT molecular complexity index is 688. The van der Waals surface area contributed by atoms with E-state index >= 15 is 0 Å². The normalized spacial score (nSPS) is 24.8. The van der Waals surface area contributed by atoms with Crippen molar-refractivity contribution in [3.05, 3.63) is 34.6 Å². The lowest BCUT2D eigenvalue weighted by molar-refractivity contribution is 0.0411. The van der Waals surface area contributed by atoms with Crippen molar-refractivity contribution in [3.8, 4) is 6.07 Å².